The summed E-state index contributed by atoms with van der Waals surface area (Å²) in [5.74, 6) is -2.36. The number of phosphoric ester groups is 1. The zero-order valence-electron chi connectivity index (χ0n) is 35.7. The number of carbonyl (C=O) groups is 3. The van der Waals surface area contributed by atoms with Crippen molar-refractivity contribution in [1.82, 2.24) is 5.32 Å². The number of hydrogen-bond acceptors (Lipinski definition) is 8. The van der Waals surface area contributed by atoms with E-state index in [2.05, 4.69) is 31.3 Å². The molecule has 0 saturated carbocycles. The first-order valence-electron chi connectivity index (χ1n) is 22.7. The second-order valence-electron chi connectivity index (χ2n) is 15.6. The Hall–Kier alpha value is -1.78. The highest BCUT2D eigenvalue weighted by Crippen LogP contribution is 2.43. The maximum atomic E-state index is 12.3. The van der Waals surface area contributed by atoms with Crippen molar-refractivity contribution in [2.75, 3.05) is 19.8 Å². The van der Waals surface area contributed by atoms with Crippen LogP contribution in [0, 0.1) is 0 Å². The molecular formula is C44H84NO10P. The van der Waals surface area contributed by atoms with E-state index in [9.17, 15) is 34.1 Å². The van der Waals surface area contributed by atoms with Gasteiger partial charge < -0.3 is 25.2 Å². The molecule has 0 heterocycles. The summed E-state index contributed by atoms with van der Waals surface area (Å²) in [6.45, 7) is 2.61. The lowest BCUT2D eigenvalue weighted by Crippen LogP contribution is -2.43. The lowest BCUT2D eigenvalue weighted by Gasteiger charge is -2.18. The lowest BCUT2D eigenvalue weighted by molar-refractivity contribution is -0.147. The van der Waals surface area contributed by atoms with E-state index in [1.165, 1.54) is 135 Å². The number of aliphatic hydroxyl groups excluding tert-OH is 1. The van der Waals surface area contributed by atoms with E-state index in [-0.39, 0.29) is 12.8 Å². The molecule has 12 heteroatoms. The fourth-order valence-electron chi connectivity index (χ4n) is 6.49. The van der Waals surface area contributed by atoms with Crippen molar-refractivity contribution in [3.63, 3.8) is 0 Å². The molecule has 0 aliphatic rings. The number of aliphatic hydroxyl groups is 1. The van der Waals surface area contributed by atoms with Crippen LogP contribution in [0.2, 0.25) is 0 Å². The molecule has 0 aromatic rings. The molecule has 11 nitrogen and oxygen atoms in total. The average Bonchev–Trinajstić information content (AvgIpc) is 3.17. The SMILES string of the molecule is CCCCCCCC/C=C\CCCCCCCCCC(=O)OCC(O)COP(=O)(O)OCC(NC(=O)CCCCCCCCCCCCCCCCC)C(=O)O. The molecule has 0 radical (unpaired) electrons. The van der Waals surface area contributed by atoms with E-state index < -0.39 is 57.6 Å². The number of amides is 1. The van der Waals surface area contributed by atoms with Gasteiger partial charge in [0.25, 0.3) is 0 Å². The van der Waals surface area contributed by atoms with Crippen molar-refractivity contribution in [1.29, 1.82) is 0 Å². The second-order valence-corrected chi connectivity index (χ2v) is 17.0. The number of nitrogens with one attached hydrogen (secondary N) is 1. The number of hydrogen-bond donors (Lipinski definition) is 4. The summed E-state index contributed by atoms with van der Waals surface area (Å²) in [4.78, 5) is 45.9. The first-order valence-corrected chi connectivity index (χ1v) is 24.2. The fraction of sp³-hybridized carbons (Fsp3) is 0.886. The molecule has 56 heavy (non-hydrogen) atoms. The standard InChI is InChI=1S/C44H84NO10P/c1-3-5-7-9-11-13-15-17-19-20-22-24-26-28-30-32-34-36-43(48)53-37-40(46)38-54-56(51,52)55-39-41(44(49)50)45-42(47)35-33-31-29-27-25-23-21-18-16-14-12-10-8-6-4-2/h17,19,40-41,46H,3-16,18,20-39H2,1-2H3,(H,45,47)(H,49,50)(H,51,52)/b19-17-. The molecule has 0 bridgehead atoms. The normalized spacial score (nSPS) is 13.8. The van der Waals surface area contributed by atoms with Crippen LogP contribution in [0.1, 0.15) is 219 Å². The van der Waals surface area contributed by atoms with Crippen molar-refractivity contribution >= 4 is 25.7 Å². The summed E-state index contributed by atoms with van der Waals surface area (Å²) in [6.07, 6.45) is 39.4. The Bertz CT molecular complexity index is 1010. The Morgan fingerprint density at radius 1 is 0.554 bits per heavy atom. The maximum Gasteiger partial charge on any atom is 0.472 e. The number of aliphatic carboxylic acids is 1. The third-order valence-electron chi connectivity index (χ3n) is 10.1. The molecule has 0 aromatic carbocycles. The largest absolute Gasteiger partial charge is 0.480 e. The summed E-state index contributed by atoms with van der Waals surface area (Å²) in [6, 6.07) is -1.54. The molecule has 330 valence electrons. The minimum atomic E-state index is -4.75. The molecule has 3 atom stereocenters. The van der Waals surface area contributed by atoms with Crippen LogP contribution >= 0.6 is 7.82 Å². The van der Waals surface area contributed by atoms with E-state index in [4.69, 9.17) is 13.8 Å². The van der Waals surface area contributed by atoms with Gasteiger partial charge in [-0.1, -0.05) is 180 Å². The van der Waals surface area contributed by atoms with Gasteiger partial charge in [-0.05, 0) is 38.5 Å². The number of allylic oxidation sites excluding steroid dienone is 2. The minimum absolute atomic E-state index is 0.151. The van der Waals surface area contributed by atoms with Crippen LogP contribution < -0.4 is 5.32 Å². The molecule has 4 N–H and O–H groups in total. The van der Waals surface area contributed by atoms with E-state index in [1.54, 1.807) is 0 Å². The predicted molar refractivity (Wildman–Crippen MR) is 226 cm³/mol. The van der Waals surface area contributed by atoms with Gasteiger partial charge in [0.15, 0.2) is 6.04 Å². The number of carboxylic acid groups (broad SMARTS) is 1. The van der Waals surface area contributed by atoms with Gasteiger partial charge in [0.2, 0.25) is 5.91 Å². The highest BCUT2D eigenvalue weighted by atomic mass is 31.2. The number of rotatable bonds is 43. The molecule has 1 amide bonds. The van der Waals surface area contributed by atoms with Crippen molar-refractivity contribution in [3.8, 4) is 0 Å². The van der Waals surface area contributed by atoms with Crippen LogP contribution in [0.15, 0.2) is 12.2 Å². The number of ether oxygens (including phenoxy) is 1. The quantitative estimate of drug-likeness (QED) is 0.0201. The molecular weight excluding hydrogens is 733 g/mol. The lowest BCUT2D eigenvalue weighted by atomic mass is 10.0. The Balaban J connectivity index is 3.87. The highest BCUT2D eigenvalue weighted by molar-refractivity contribution is 7.47. The smallest absolute Gasteiger partial charge is 0.472 e. The van der Waals surface area contributed by atoms with E-state index >= 15 is 0 Å². The molecule has 0 aromatic heterocycles. The number of unbranched alkanes of at least 4 members (excludes halogenated alkanes) is 27. The van der Waals surface area contributed by atoms with E-state index in [0.717, 1.165) is 44.9 Å². The van der Waals surface area contributed by atoms with Gasteiger partial charge in [-0.3, -0.25) is 18.6 Å². The van der Waals surface area contributed by atoms with Crippen LogP contribution in [0.25, 0.3) is 0 Å². The number of carbonyl (C=O) groups excluding carboxylic acids is 2. The van der Waals surface area contributed by atoms with Crippen LogP contribution in [0.5, 0.6) is 0 Å². The van der Waals surface area contributed by atoms with Crippen molar-refractivity contribution in [3.05, 3.63) is 12.2 Å². The first kappa shape index (κ1) is 54.2. The molecule has 0 rings (SSSR count). The van der Waals surface area contributed by atoms with Gasteiger partial charge in [-0.2, -0.15) is 0 Å². The van der Waals surface area contributed by atoms with Crippen LogP contribution in [-0.4, -0.2) is 64.9 Å². The van der Waals surface area contributed by atoms with E-state index in [1.807, 2.05) is 0 Å². The number of phosphoric acid groups is 1. The third kappa shape index (κ3) is 39.1. The second kappa shape index (κ2) is 40.0. The Morgan fingerprint density at radius 2 is 0.929 bits per heavy atom. The molecule has 3 unspecified atom stereocenters. The van der Waals surface area contributed by atoms with Gasteiger partial charge in [0.05, 0.1) is 13.2 Å². The summed E-state index contributed by atoms with van der Waals surface area (Å²) in [5.41, 5.74) is 0. The molecule has 0 fully saturated rings. The zero-order chi connectivity index (χ0) is 41.4. The third-order valence-corrected chi connectivity index (χ3v) is 11.0. The molecule has 0 saturated heterocycles. The highest BCUT2D eigenvalue weighted by Gasteiger charge is 2.28. The Labute approximate surface area is 341 Å². The number of carboxylic acids is 1. The maximum absolute atomic E-state index is 12.3. The van der Waals surface area contributed by atoms with Gasteiger partial charge in [0, 0.05) is 12.8 Å². The van der Waals surface area contributed by atoms with Crippen molar-refractivity contribution in [2.45, 2.75) is 231 Å². The Kier molecular flexibility index (Phi) is 38.7. The van der Waals surface area contributed by atoms with Crippen molar-refractivity contribution in [2.24, 2.45) is 0 Å². The average molecular weight is 818 g/mol. The van der Waals surface area contributed by atoms with Crippen LogP contribution in [0.3, 0.4) is 0 Å². The summed E-state index contributed by atoms with van der Waals surface area (Å²) in [5, 5.41) is 21.8. The summed E-state index contributed by atoms with van der Waals surface area (Å²) in [7, 11) is -4.75. The zero-order valence-corrected chi connectivity index (χ0v) is 36.6. The van der Waals surface area contributed by atoms with Gasteiger partial charge >= 0.3 is 19.8 Å². The van der Waals surface area contributed by atoms with E-state index in [0.29, 0.717) is 12.8 Å². The molecule has 0 aliphatic carbocycles. The minimum Gasteiger partial charge on any atom is -0.480 e. The summed E-state index contributed by atoms with van der Waals surface area (Å²) < 4.78 is 26.8. The Morgan fingerprint density at radius 3 is 1.36 bits per heavy atom. The monoisotopic (exact) mass is 818 g/mol. The fourth-order valence-corrected chi connectivity index (χ4v) is 7.26. The molecule has 0 spiro atoms. The van der Waals surface area contributed by atoms with Crippen LogP contribution in [-0.2, 0) is 32.7 Å². The predicted octanol–water partition coefficient (Wildman–Crippen LogP) is 11.7. The first-order chi connectivity index (χ1) is 27.1. The van der Waals surface area contributed by atoms with Gasteiger partial charge in [-0.15, -0.1) is 0 Å². The van der Waals surface area contributed by atoms with Crippen LogP contribution in [0.4, 0.5) is 0 Å². The van der Waals surface area contributed by atoms with Gasteiger partial charge in [0.1, 0.15) is 12.7 Å². The topological polar surface area (TPSA) is 169 Å². The number of esters is 1. The van der Waals surface area contributed by atoms with Gasteiger partial charge in [-0.25, -0.2) is 9.36 Å². The van der Waals surface area contributed by atoms with Crippen molar-refractivity contribution < 1.29 is 47.8 Å². The molecule has 0 aliphatic heterocycles. The summed E-state index contributed by atoms with van der Waals surface area (Å²) >= 11 is 0.